The van der Waals surface area contributed by atoms with E-state index in [0.717, 1.165) is 47.3 Å². The van der Waals surface area contributed by atoms with Gasteiger partial charge in [-0.2, -0.15) is 0 Å². The number of anilines is 2. The van der Waals surface area contributed by atoms with Crippen LogP contribution < -0.4 is 15.0 Å². The van der Waals surface area contributed by atoms with E-state index in [4.69, 9.17) is 4.74 Å². The van der Waals surface area contributed by atoms with Gasteiger partial charge in [0.2, 0.25) is 5.91 Å². The first kappa shape index (κ1) is 20.7. The third-order valence-electron chi connectivity index (χ3n) is 5.54. The van der Waals surface area contributed by atoms with Crippen LogP contribution in [0.15, 0.2) is 46.9 Å². The Labute approximate surface area is 185 Å². The van der Waals surface area contributed by atoms with Gasteiger partial charge in [0.05, 0.1) is 24.5 Å². The molecule has 0 radical (unpaired) electrons. The largest absolute Gasteiger partial charge is 0.477 e. The Morgan fingerprint density at radius 1 is 1.13 bits per heavy atom. The number of nitrogens with one attached hydrogen (secondary N) is 1. The monoisotopic (exact) mass is 471 g/mol. The quantitative estimate of drug-likeness (QED) is 0.732. The summed E-state index contributed by atoms with van der Waals surface area (Å²) in [4.78, 5) is 29.7. The van der Waals surface area contributed by atoms with Crippen LogP contribution in [0.25, 0.3) is 0 Å². The highest BCUT2D eigenvalue weighted by molar-refractivity contribution is 9.10. The third-order valence-corrected chi connectivity index (χ3v) is 6.19. The van der Waals surface area contributed by atoms with Crippen LogP contribution in [0.5, 0.6) is 5.75 Å². The van der Waals surface area contributed by atoms with E-state index in [1.807, 2.05) is 59.2 Å². The normalized spacial score (nSPS) is 18.4. The number of para-hydroxylation sites is 2. The number of amides is 2. The number of piperidine rings is 1. The average Bonchev–Trinajstić information content (AvgIpc) is 2.75. The summed E-state index contributed by atoms with van der Waals surface area (Å²) in [7, 11) is 0. The molecule has 7 heteroatoms. The zero-order valence-electron chi connectivity index (χ0n) is 17.1. The maximum atomic E-state index is 13.0. The van der Waals surface area contributed by atoms with Crippen molar-refractivity contribution in [3.05, 3.63) is 52.5 Å². The lowest BCUT2D eigenvalue weighted by atomic mass is 10.1. The molecule has 1 saturated heterocycles. The van der Waals surface area contributed by atoms with Crippen LogP contribution in [0.3, 0.4) is 0 Å². The van der Waals surface area contributed by atoms with E-state index in [1.54, 1.807) is 0 Å². The van der Waals surface area contributed by atoms with E-state index in [1.165, 1.54) is 6.42 Å². The van der Waals surface area contributed by atoms with Crippen LogP contribution in [0, 0.1) is 6.92 Å². The Bertz CT molecular complexity index is 943. The molecule has 2 aliphatic rings. The number of benzene rings is 2. The second-order valence-corrected chi connectivity index (χ2v) is 8.73. The van der Waals surface area contributed by atoms with E-state index in [2.05, 4.69) is 21.2 Å². The predicted octanol–water partition coefficient (Wildman–Crippen LogP) is 3.98. The topological polar surface area (TPSA) is 61.9 Å². The van der Waals surface area contributed by atoms with Crippen LogP contribution in [0.4, 0.5) is 11.4 Å². The van der Waals surface area contributed by atoms with Crippen LogP contribution in [-0.4, -0.2) is 49.0 Å². The highest BCUT2D eigenvalue weighted by atomic mass is 79.9. The van der Waals surface area contributed by atoms with Gasteiger partial charge in [-0.15, -0.1) is 0 Å². The molecule has 0 bridgehead atoms. The predicted molar refractivity (Wildman–Crippen MR) is 121 cm³/mol. The first-order valence-corrected chi connectivity index (χ1v) is 11.2. The van der Waals surface area contributed by atoms with Crippen molar-refractivity contribution >= 4 is 39.1 Å². The van der Waals surface area contributed by atoms with Crippen LogP contribution in [0.1, 0.15) is 24.8 Å². The molecule has 6 nitrogen and oxygen atoms in total. The second-order valence-electron chi connectivity index (χ2n) is 7.87. The van der Waals surface area contributed by atoms with E-state index in [9.17, 15) is 9.59 Å². The fourth-order valence-electron chi connectivity index (χ4n) is 3.99. The van der Waals surface area contributed by atoms with Crippen molar-refractivity contribution in [1.82, 2.24) is 4.90 Å². The summed E-state index contributed by atoms with van der Waals surface area (Å²) in [5.74, 6) is 0.514. The number of carbonyl (C=O) groups excluding carboxylic acids is 2. The molecular weight excluding hydrogens is 446 g/mol. The molecule has 158 valence electrons. The molecule has 0 saturated carbocycles. The van der Waals surface area contributed by atoms with Crippen LogP contribution >= 0.6 is 15.9 Å². The number of ether oxygens (including phenoxy) is 1. The van der Waals surface area contributed by atoms with Crippen LogP contribution in [-0.2, 0) is 9.59 Å². The molecule has 1 N–H and O–H groups in total. The smallest absolute Gasteiger partial charge is 0.265 e. The number of halogens is 1. The lowest BCUT2D eigenvalue weighted by molar-refractivity contribution is -0.139. The number of rotatable bonds is 4. The van der Waals surface area contributed by atoms with Crippen molar-refractivity contribution in [2.24, 2.45) is 0 Å². The molecule has 2 aromatic rings. The van der Waals surface area contributed by atoms with Gasteiger partial charge in [0.1, 0.15) is 5.75 Å². The molecule has 30 heavy (non-hydrogen) atoms. The summed E-state index contributed by atoms with van der Waals surface area (Å²) in [5, 5.41) is 2.96. The van der Waals surface area contributed by atoms with Crippen molar-refractivity contribution in [3.63, 3.8) is 0 Å². The molecule has 2 aromatic carbocycles. The summed E-state index contributed by atoms with van der Waals surface area (Å²) in [6.07, 6.45) is 2.63. The molecule has 0 spiro atoms. The fraction of sp³-hybridized carbons (Fsp3) is 0.391. The van der Waals surface area contributed by atoms with Gasteiger partial charge in [0.15, 0.2) is 6.10 Å². The number of fused-ring (bicyclic) bond motifs is 1. The van der Waals surface area contributed by atoms with Gasteiger partial charge in [0.25, 0.3) is 5.91 Å². The Hall–Kier alpha value is -2.54. The minimum atomic E-state index is -0.600. The summed E-state index contributed by atoms with van der Waals surface area (Å²) >= 11 is 3.50. The van der Waals surface area contributed by atoms with E-state index in [-0.39, 0.29) is 18.4 Å². The standard InChI is InChI=1S/C23H26BrN3O3/c1-16-9-10-18(17(24)13-16)25-22(28)15-27-14-21(23(29)26-11-5-2-6-12-26)30-20-8-4-3-7-19(20)27/h3-4,7-10,13,21H,2,5-6,11-12,14-15H2,1H3,(H,25,28)/t21-/m1/s1. The van der Waals surface area contributed by atoms with Gasteiger partial charge in [0, 0.05) is 17.6 Å². The Morgan fingerprint density at radius 2 is 1.90 bits per heavy atom. The Morgan fingerprint density at radius 3 is 2.67 bits per heavy atom. The third kappa shape index (κ3) is 4.61. The zero-order valence-corrected chi connectivity index (χ0v) is 18.7. The molecule has 2 heterocycles. The fourth-order valence-corrected chi connectivity index (χ4v) is 4.58. The SMILES string of the molecule is Cc1ccc(NC(=O)CN2C[C@H](C(=O)N3CCCCC3)Oc3ccccc32)c(Br)c1. The number of aryl methyl sites for hydroxylation is 1. The lowest BCUT2D eigenvalue weighted by Gasteiger charge is -2.38. The summed E-state index contributed by atoms with van der Waals surface area (Å²) < 4.78 is 6.88. The lowest BCUT2D eigenvalue weighted by Crippen LogP contribution is -2.52. The molecule has 0 aromatic heterocycles. The highest BCUT2D eigenvalue weighted by Crippen LogP contribution is 2.33. The van der Waals surface area contributed by atoms with Gasteiger partial charge in [-0.1, -0.05) is 18.2 Å². The Kier molecular flexibility index (Phi) is 6.27. The number of nitrogens with zero attached hydrogens (tertiary/aromatic N) is 2. The molecule has 4 rings (SSSR count). The van der Waals surface area contributed by atoms with Gasteiger partial charge >= 0.3 is 0 Å². The average molecular weight is 472 g/mol. The summed E-state index contributed by atoms with van der Waals surface area (Å²) in [5.41, 5.74) is 2.67. The molecule has 0 aliphatic carbocycles. The molecule has 0 unspecified atom stereocenters. The number of hydrogen-bond donors (Lipinski definition) is 1. The Balaban J connectivity index is 1.49. The van der Waals surface area contributed by atoms with Crippen molar-refractivity contribution in [3.8, 4) is 5.75 Å². The number of carbonyl (C=O) groups is 2. The van der Waals surface area contributed by atoms with Gasteiger partial charge in [-0.3, -0.25) is 9.59 Å². The molecule has 1 atom stereocenters. The molecule has 2 amide bonds. The summed E-state index contributed by atoms with van der Waals surface area (Å²) in [6, 6.07) is 13.4. The maximum Gasteiger partial charge on any atom is 0.265 e. The van der Waals surface area contributed by atoms with E-state index in [0.29, 0.717) is 12.3 Å². The minimum Gasteiger partial charge on any atom is -0.477 e. The van der Waals surface area contributed by atoms with E-state index >= 15 is 0 Å². The molecule has 1 fully saturated rings. The van der Waals surface area contributed by atoms with Crippen LogP contribution in [0.2, 0.25) is 0 Å². The van der Waals surface area contributed by atoms with Gasteiger partial charge in [-0.05, 0) is 71.9 Å². The van der Waals surface area contributed by atoms with Gasteiger partial charge < -0.3 is 19.9 Å². The first-order valence-electron chi connectivity index (χ1n) is 10.4. The highest BCUT2D eigenvalue weighted by Gasteiger charge is 2.34. The number of hydrogen-bond acceptors (Lipinski definition) is 4. The van der Waals surface area contributed by atoms with Crippen molar-refractivity contribution in [2.45, 2.75) is 32.3 Å². The van der Waals surface area contributed by atoms with Gasteiger partial charge in [-0.25, -0.2) is 0 Å². The first-order chi connectivity index (χ1) is 14.5. The second kappa shape index (κ2) is 9.08. The maximum absolute atomic E-state index is 13.0. The van der Waals surface area contributed by atoms with Crippen molar-refractivity contribution in [2.75, 3.05) is 36.4 Å². The summed E-state index contributed by atoms with van der Waals surface area (Å²) in [6.45, 7) is 4.06. The number of likely N-dealkylation sites (tertiary alicyclic amines) is 1. The van der Waals surface area contributed by atoms with Crippen molar-refractivity contribution < 1.29 is 14.3 Å². The zero-order chi connectivity index (χ0) is 21.1. The minimum absolute atomic E-state index is 0.0101. The van der Waals surface area contributed by atoms with E-state index < -0.39 is 6.10 Å². The molecule has 2 aliphatic heterocycles. The van der Waals surface area contributed by atoms with Crippen molar-refractivity contribution in [1.29, 1.82) is 0 Å². The molecular formula is C23H26BrN3O3.